The number of imidazole rings is 1. The highest BCUT2D eigenvalue weighted by molar-refractivity contribution is 5.97. The molecule has 13 heteroatoms. The van der Waals surface area contributed by atoms with Crippen molar-refractivity contribution >= 4 is 23.6 Å². The minimum absolute atomic E-state index is 0.00651. The Morgan fingerprint density at radius 3 is 2.39 bits per heavy atom. The first-order chi connectivity index (χ1) is 24.6. The van der Waals surface area contributed by atoms with Crippen LogP contribution in [0.4, 0.5) is 0 Å². The molecule has 0 radical (unpaired) electrons. The second-order valence-electron chi connectivity index (χ2n) is 12.5. The van der Waals surface area contributed by atoms with E-state index in [1.807, 2.05) is 44.2 Å². The molecule has 0 saturated heterocycles. The average Bonchev–Trinajstić information content (AvgIpc) is 3.53. The average molecular weight is 697 g/mol. The van der Waals surface area contributed by atoms with Gasteiger partial charge in [0.15, 0.2) is 11.5 Å². The van der Waals surface area contributed by atoms with Crippen molar-refractivity contribution in [2.75, 3.05) is 33.9 Å². The number of ether oxygens (including phenoxy) is 3. The standard InChI is InChI=1S/C38H44N6O7/c1-23(2)33-37(47)40-21-27-28(49-4)14-11-15-29(27)51-31-20-26(16-17-30(31)50-5)36(46)39-18-9-10-19-44(22-32(45)42-33)38(48)34-24(3)41-35(43-34)25-12-7-6-8-13-25/h6-8,11-17,20,23,33H,9-10,18-19,21-22H2,1-5H3,(H,39,46)(H,40,47)(H,41,43)(H,42,45)/t33-/m1/s1. The number of hydrogen-bond acceptors (Lipinski definition) is 8. The van der Waals surface area contributed by atoms with Gasteiger partial charge in [0.1, 0.15) is 29.1 Å². The van der Waals surface area contributed by atoms with Crippen LogP contribution in [0.3, 0.4) is 0 Å². The molecule has 0 aliphatic carbocycles. The van der Waals surface area contributed by atoms with Gasteiger partial charge >= 0.3 is 0 Å². The van der Waals surface area contributed by atoms with E-state index in [2.05, 4.69) is 25.9 Å². The molecule has 0 unspecified atom stereocenters. The van der Waals surface area contributed by atoms with E-state index >= 15 is 0 Å². The van der Waals surface area contributed by atoms with Gasteiger partial charge in [-0.3, -0.25) is 19.2 Å². The van der Waals surface area contributed by atoms with Crippen LogP contribution in [0.5, 0.6) is 23.0 Å². The molecule has 4 aromatic rings. The Morgan fingerprint density at radius 1 is 0.902 bits per heavy atom. The lowest BCUT2D eigenvalue weighted by Gasteiger charge is -2.26. The highest BCUT2D eigenvalue weighted by atomic mass is 16.5. The molecule has 1 atom stereocenters. The Morgan fingerprint density at radius 2 is 1.67 bits per heavy atom. The summed E-state index contributed by atoms with van der Waals surface area (Å²) >= 11 is 0. The number of amides is 4. The largest absolute Gasteiger partial charge is 0.496 e. The smallest absolute Gasteiger partial charge is 0.274 e. The van der Waals surface area contributed by atoms with Gasteiger partial charge < -0.3 is 40.0 Å². The fourth-order valence-corrected chi connectivity index (χ4v) is 5.77. The number of aryl methyl sites for hydroxylation is 1. The summed E-state index contributed by atoms with van der Waals surface area (Å²) in [6.45, 7) is 5.66. The van der Waals surface area contributed by atoms with Gasteiger partial charge in [-0.25, -0.2) is 4.98 Å². The first-order valence-corrected chi connectivity index (χ1v) is 16.9. The van der Waals surface area contributed by atoms with Crippen molar-refractivity contribution in [3.05, 3.63) is 89.2 Å². The number of aromatic amines is 1. The highest BCUT2D eigenvalue weighted by Crippen LogP contribution is 2.37. The Labute approximate surface area is 297 Å². The maximum absolute atomic E-state index is 13.9. The SMILES string of the molecule is COc1ccc2cc1Oc1cccc(OC)c1CNC(=O)[C@@H](C(C)C)NC(=O)CN(C(=O)c1nc(-c3ccccc3)[nH]c1C)CCCCNC2=O. The number of fused-ring (bicyclic) bond motifs is 3. The van der Waals surface area contributed by atoms with E-state index < -0.39 is 23.8 Å². The van der Waals surface area contributed by atoms with E-state index in [4.69, 9.17) is 14.2 Å². The van der Waals surface area contributed by atoms with Crippen LogP contribution in [0, 0.1) is 12.8 Å². The molecule has 268 valence electrons. The minimum Gasteiger partial charge on any atom is -0.496 e. The monoisotopic (exact) mass is 696 g/mol. The zero-order chi connectivity index (χ0) is 36.5. The Bertz CT molecular complexity index is 1870. The van der Waals surface area contributed by atoms with Crippen molar-refractivity contribution in [3.8, 4) is 34.4 Å². The summed E-state index contributed by atoms with van der Waals surface area (Å²) in [5, 5.41) is 8.68. The van der Waals surface area contributed by atoms with Gasteiger partial charge in [0, 0.05) is 29.9 Å². The van der Waals surface area contributed by atoms with Crippen LogP contribution >= 0.6 is 0 Å². The lowest BCUT2D eigenvalue weighted by Crippen LogP contribution is -2.52. The van der Waals surface area contributed by atoms with Gasteiger partial charge in [-0.1, -0.05) is 50.2 Å². The number of carbonyl (C=O) groups is 4. The van der Waals surface area contributed by atoms with Gasteiger partial charge in [-0.05, 0) is 56.0 Å². The molecular formula is C38H44N6O7. The van der Waals surface area contributed by atoms with Crippen LogP contribution in [0.15, 0.2) is 66.7 Å². The lowest BCUT2D eigenvalue weighted by molar-refractivity contribution is -0.130. The number of nitrogens with one attached hydrogen (secondary N) is 4. The molecule has 0 fully saturated rings. The topological polar surface area (TPSA) is 164 Å². The molecular weight excluding hydrogens is 652 g/mol. The molecule has 13 nitrogen and oxygen atoms in total. The van der Waals surface area contributed by atoms with Gasteiger partial charge in [0.05, 0.1) is 32.9 Å². The summed E-state index contributed by atoms with van der Waals surface area (Å²) in [6, 6.07) is 18.6. The molecule has 1 aliphatic heterocycles. The van der Waals surface area contributed by atoms with Crippen LogP contribution in [0.25, 0.3) is 11.4 Å². The molecule has 1 aromatic heterocycles. The molecule has 5 rings (SSSR count). The third kappa shape index (κ3) is 8.85. The fraction of sp³-hybridized carbons (Fsp3) is 0.342. The number of aromatic nitrogens is 2. The summed E-state index contributed by atoms with van der Waals surface area (Å²) in [5.74, 6) is 0.149. The maximum atomic E-state index is 13.9. The summed E-state index contributed by atoms with van der Waals surface area (Å²) < 4.78 is 17.4. The van der Waals surface area contributed by atoms with E-state index in [-0.39, 0.29) is 37.2 Å². The summed E-state index contributed by atoms with van der Waals surface area (Å²) in [6.07, 6.45) is 1.01. The van der Waals surface area contributed by atoms with Crippen LogP contribution < -0.4 is 30.2 Å². The van der Waals surface area contributed by atoms with Crippen molar-refractivity contribution in [2.24, 2.45) is 5.92 Å². The second kappa shape index (κ2) is 16.7. The number of hydrogen-bond donors (Lipinski definition) is 4. The van der Waals surface area contributed by atoms with Crippen molar-refractivity contribution in [1.82, 2.24) is 30.8 Å². The first-order valence-electron chi connectivity index (χ1n) is 16.9. The van der Waals surface area contributed by atoms with Crippen molar-refractivity contribution in [2.45, 2.75) is 46.2 Å². The van der Waals surface area contributed by atoms with Crippen LogP contribution in [-0.2, 0) is 16.1 Å². The molecule has 4 N–H and O–H groups in total. The van der Waals surface area contributed by atoms with E-state index in [1.165, 1.54) is 19.1 Å². The fourth-order valence-electron chi connectivity index (χ4n) is 5.77. The highest BCUT2D eigenvalue weighted by Gasteiger charge is 2.29. The number of methoxy groups -OCH3 is 2. The minimum atomic E-state index is -0.900. The quantitative estimate of drug-likeness (QED) is 0.235. The van der Waals surface area contributed by atoms with Crippen LogP contribution in [0.2, 0.25) is 0 Å². The number of rotatable bonds is 5. The number of nitrogens with zero attached hydrogens (tertiary/aromatic N) is 2. The van der Waals surface area contributed by atoms with Gasteiger partial charge in [0.25, 0.3) is 11.8 Å². The van der Waals surface area contributed by atoms with Crippen molar-refractivity contribution in [3.63, 3.8) is 0 Å². The second-order valence-corrected chi connectivity index (χ2v) is 12.5. The number of H-pyrrole nitrogens is 1. The normalized spacial score (nSPS) is 16.2. The zero-order valence-corrected chi connectivity index (χ0v) is 29.5. The van der Waals surface area contributed by atoms with Gasteiger partial charge in [-0.2, -0.15) is 0 Å². The lowest BCUT2D eigenvalue weighted by atomic mass is 10.0. The molecule has 2 heterocycles. The zero-order valence-electron chi connectivity index (χ0n) is 29.5. The summed E-state index contributed by atoms with van der Waals surface area (Å²) in [7, 11) is 3.01. The first kappa shape index (κ1) is 36.4. The van der Waals surface area contributed by atoms with Gasteiger partial charge in [0.2, 0.25) is 11.8 Å². The molecule has 0 saturated carbocycles. The summed E-state index contributed by atoms with van der Waals surface area (Å²) in [4.78, 5) is 63.5. The predicted molar refractivity (Wildman–Crippen MR) is 191 cm³/mol. The third-order valence-corrected chi connectivity index (χ3v) is 8.56. The number of benzene rings is 3. The van der Waals surface area contributed by atoms with Crippen LogP contribution in [-0.4, -0.2) is 78.4 Å². The summed E-state index contributed by atoms with van der Waals surface area (Å²) in [5.41, 5.74) is 2.48. The molecule has 4 amide bonds. The Kier molecular flexibility index (Phi) is 11.9. The van der Waals surface area contributed by atoms with E-state index in [0.29, 0.717) is 65.0 Å². The number of carbonyl (C=O) groups excluding carboxylic acids is 4. The van der Waals surface area contributed by atoms with Crippen molar-refractivity contribution < 1.29 is 33.4 Å². The molecule has 3 aromatic carbocycles. The van der Waals surface area contributed by atoms with Crippen LogP contribution in [0.1, 0.15) is 58.8 Å². The molecule has 2 bridgehead atoms. The predicted octanol–water partition coefficient (Wildman–Crippen LogP) is 4.62. The Balaban J connectivity index is 1.45. The molecule has 0 spiro atoms. The van der Waals surface area contributed by atoms with E-state index in [0.717, 1.165) is 5.56 Å². The van der Waals surface area contributed by atoms with E-state index in [9.17, 15) is 19.2 Å². The molecule has 1 aliphatic rings. The van der Waals surface area contributed by atoms with Crippen molar-refractivity contribution in [1.29, 1.82) is 0 Å². The maximum Gasteiger partial charge on any atom is 0.274 e. The third-order valence-electron chi connectivity index (χ3n) is 8.56. The van der Waals surface area contributed by atoms with E-state index in [1.54, 1.807) is 43.3 Å². The molecule has 51 heavy (non-hydrogen) atoms. The van der Waals surface area contributed by atoms with Gasteiger partial charge in [-0.15, -0.1) is 0 Å². The Hall–Kier alpha value is -5.85.